The second kappa shape index (κ2) is 11.8. The number of sulfone groups is 1. The molecule has 2 aromatic carbocycles. The topological polar surface area (TPSA) is 90.7 Å². The van der Waals surface area contributed by atoms with Crippen LogP contribution in [0.25, 0.3) is 0 Å². The van der Waals surface area contributed by atoms with Gasteiger partial charge in [0.25, 0.3) is 5.91 Å². The van der Waals surface area contributed by atoms with Crippen LogP contribution in [0.4, 0.5) is 0 Å². The molecule has 186 valence electrons. The number of rotatable bonds is 12. The quantitative estimate of drug-likeness (QED) is 0.355. The number of benzene rings is 2. The van der Waals surface area contributed by atoms with E-state index in [4.69, 9.17) is 9.47 Å². The molecule has 0 fully saturated rings. The van der Waals surface area contributed by atoms with E-state index in [1.165, 1.54) is 6.20 Å². The summed E-state index contributed by atoms with van der Waals surface area (Å²) in [6, 6.07) is 14.2. The average Bonchev–Trinajstić information content (AvgIpc) is 3.26. The molecule has 1 amide bonds. The van der Waals surface area contributed by atoms with Crippen LogP contribution in [-0.4, -0.2) is 56.1 Å². The lowest BCUT2D eigenvalue weighted by molar-refractivity contribution is 0.0758. The highest BCUT2D eigenvalue weighted by Gasteiger charge is 2.25. The first kappa shape index (κ1) is 26.2. The van der Waals surface area contributed by atoms with Crippen LogP contribution < -0.4 is 4.74 Å². The predicted octanol–water partition coefficient (Wildman–Crippen LogP) is 3.65. The summed E-state index contributed by atoms with van der Waals surface area (Å²) in [4.78, 5) is 19.1. The standard InChI is InChI=1S/C26H31N3O5S/c1-5-14-28(25(30)22-10-12-24(34-4)13-11-22)18-23-17-27-26(29(23)15-16-33-3)35(31,32)19-21-8-6-20(2)7-9-21/h5-13,17H,1,14-16,18-19H2,2-4H3. The zero-order valence-corrected chi connectivity index (χ0v) is 21.1. The second-order valence-corrected chi connectivity index (χ2v) is 10.0. The summed E-state index contributed by atoms with van der Waals surface area (Å²) in [6.07, 6.45) is 3.14. The third-order valence-electron chi connectivity index (χ3n) is 5.50. The zero-order chi connectivity index (χ0) is 25.4. The number of carbonyl (C=O) groups excluding carboxylic acids is 1. The molecule has 0 spiro atoms. The molecule has 1 aromatic heterocycles. The lowest BCUT2D eigenvalue weighted by Gasteiger charge is -2.22. The van der Waals surface area contributed by atoms with Gasteiger partial charge in [-0.3, -0.25) is 4.79 Å². The number of aromatic nitrogens is 2. The van der Waals surface area contributed by atoms with Crippen molar-refractivity contribution in [1.29, 1.82) is 0 Å². The van der Waals surface area contributed by atoms with E-state index in [2.05, 4.69) is 11.6 Å². The summed E-state index contributed by atoms with van der Waals surface area (Å²) in [6.45, 7) is 6.74. The Bertz CT molecular complexity index is 1250. The lowest BCUT2D eigenvalue weighted by Crippen LogP contribution is -2.32. The Morgan fingerprint density at radius 3 is 2.40 bits per heavy atom. The largest absolute Gasteiger partial charge is 0.497 e. The van der Waals surface area contributed by atoms with Gasteiger partial charge in [-0.1, -0.05) is 35.9 Å². The van der Waals surface area contributed by atoms with Crippen molar-refractivity contribution in [3.8, 4) is 5.75 Å². The minimum absolute atomic E-state index is 0.0411. The van der Waals surface area contributed by atoms with Crippen LogP contribution in [0.5, 0.6) is 5.75 Å². The maximum atomic E-state index is 13.3. The fraction of sp³-hybridized carbons (Fsp3) is 0.308. The molecule has 9 heteroatoms. The van der Waals surface area contributed by atoms with E-state index < -0.39 is 9.84 Å². The molecule has 0 aliphatic heterocycles. The van der Waals surface area contributed by atoms with Crippen LogP contribution in [0.2, 0.25) is 0 Å². The van der Waals surface area contributed by atoms with Gasteiger partial charge in [0.2, 0.25) is 15.0 Å². The van der Waals surface area contributed by atoms with E-state index in [1.807, 2.05) is 19.1 Å². The summed E-state index contributed by atoms with van der Waals surface area (Å²) in [5.41, 5.74) is 2.82. The highest BCUT2D eigenvalue weighted by Crippen LogP contribution is 2.20. The van der Waals surface area contributed by atoms with E-state index in [9.17, 15) is 13.2 Å². The molecule has 0 aliphatic rings. The lowest BCUT2D eigenvalue weighted by atomic mass is 10.2. The first-order chi connectivity index (χ1) is 16.8. The number of hydrogen-bond donors (Lipinski definition) is 0. The number of amides is 1. The van der Waals surface area contributed by atoms with E-state index in [0.717, 1.165) is 5.56 Å². The second-order valence-electron chi connectivity index (χ2n) is 8.12. The Kier molecular flexibility index (Phi) is 8.84. The van der Waals surface area contributed by atoms with Crippen LogP contribution in [0, 0.1) is 6.92 Å². The molecule has 0 unspecified atom stereocenters. The molecule has 0 atom stereocenters. The maximum absolute atomic E-state index is 13.3. The van der Waals surface area contributed by atoms with Crippen LogP contribution in [0.3, 0.4) is 0 Å². The molecule has 0 radical (unpaired) electrons. The van der Waals surface area contributed by atoms with E-state index in [1.54, 1.807) is 66.2 Å². The SMILES string of the molecule is C=CCN(Cc1cnc(S(=O)(=O)Cc2ccc(C)cc2)n1CCOC)C(=O)c1ccc(OC)cc1. The van der Waals surface area contributed by atoms with Gasteiger partial charge in [-0.15, -0.1) is 6.58 Å². The molecule has 0 saturated heterocycles. The van der Waals surface area contributed by atoms with Crippen LogP contribution in [0.1, 0.15) is 27.2 Å². The van der Waals surface area contributed by atoms with Gasteiger partial charge in [0, 0.05) is 25.8 Å². The molecule has 3 rings (SSSR count). The Balaban J connectivity index is 1.91. The number of methoxy groups -OCH3 is 2. The van der Waals surface area contributed by atoms with Gasteiger partial charge in [0.1, 0.15) is 5.75 Å². The molecule has 0 aliphatic carbocycles. The Labute approximate surface area is 206 Å². The summed E-state index contributed by atoms with van der Waals surface area (Å²) >= 11 is 0. The van der Waals surface area contributed by atoms with Crippen LogP contribution >= 0.6 is 0 Å². The molecule has 1 heterocycles. The number of ether oxygens (including phenoxy) is 2. The Morgan fingerprint density at radius 1 is 1.11 bits per heavy atom. The molecule has 0 saturated carbocycles. The van der Waals surface area contributed by atoms with Crippen molar-refractivity contribution in [3.63, 3.8) is 0 Å². The van der Waals surface area contributed by atoms with Gasteiger partial charge in [-0.25, -0.2) is 13.4 Å². The van der Waals surface area contributed by atoms with E-state index in [0.29, 0.717) is 29.2 Å². The van der Waals surface area contributed by atoms with Gasteiger partial charge in [0.05, 0.1) is 37.9 Å². The first-order valence-electron chi connectivity index (χ1n) is 11.1. The fourth-order valence-corrected chi connectivity index (χ4v) is 5.16. The third-order valence-corrected chi connectivity index (χ3v) is 7.10. The Hall–Kier alpha value is -3.43. The highest BCUT2D eigenvalue weighted by atomic mass is 32.2. The van der Waals surface area contributed by atoms with E-state index >= 15 is 0 Å². The minimum atomic E-state index is -3.74. The monoisotopic (exact) mass is 497 g/mol. The van der Waals surface area contributed by atoms with Gasteiger partial charge in [-0.2, -0.15) is 0 Å². The first-order valence-corrected chi connectivity index (χ1v) is 12.8. The van der Waals surface area contributed by atoms with Crippen molar-refractivity contribution in [3.05, 3.63) is 89.8 Å². The molecule has 3 aromatic rings. The van der Waals surface area contributed by atoms with E-state index in [-0.39, 0.29) is 36.5 Å². The van der Waals surface area contributed by atoms with Gasteiger partial charge in [0.15, 0.2) is 0 Å². The smallest absolute Gasteiger partial charge is 0.254 e. The van der Waals surface area contributed by atoms with Crippen LogP contribution in [0.15, 0.2) is 72.5 Å². The third kappa shape index (κ3) is 6.58. The number of hydrogen-bond acceptors (Lipinski definition) is 6. The molecule has 0 N–H and O–H groups in total. The number of aryl methyl sites for hydroxylation is 1. The summed E-state index contributed by atoms with van der Waals surface area (Å²) in [5, 5.41) is -0.0411. The van der Waals surface area contributed by atoms with Gasteiger partial charge in [-0.05, 0) is 36.8 Å². The van der Waals surface area contributed by atoms with Crippen molar-refractivity contribution >= 4 is 15.7 Å². The average molecular weight is 498 g/mol. The number of carbonyl (C=O) groups is 1. The molecular weight excluding hydrogens is 466 g/mol. The zero-order valence-electron chi connectivity index (χ0n) is 20.3. The van der Waals surface area contributed by atoms with Crippen molar-refractivity contribution in [2.75, 3.05) is 27.4 Å². The predicted molar refractivity (Wildman–Crippen MR) is 134 cm³/mol. The molecule has 8 nitrogen and oxygen atoms in total. The van der Waals surface area contributed by atoms with Crippen molar-refractivity contribution in [2.24, 2.45) is 0 Å². The summed E-state index contributed by atoms with van der Waals surface area (Å²) in [5.74, 6) is 0.270. The van der Waals surface area contributed by atoms with Crippen molar-refractivity contribution in [1.82, 2.24) is 14.5 Å². The van der Waals surface area contributed by atoms with Crippen molar-refractivity contribution < 1.29 is 22.7 Å². The molecular formula is C26H31N3O5S. The summed E-state index contributed by atoms with van der Waals surface area (Å²) in [7, 11) is -0.624. The van der Waals surface area contributed by atoms with Gasteiger partial charge >= 0.3 is 0 Å². The fourth-order valence-electron chi connectivity index (χ4n) is 3.64. The number of nitrogens with zero attached hydrogens (tertiary/aromatic N) is 3. The molecule has 35 heavy (non-hydrogen) atoms. The molecule has 0 bridgehead atoms. The Morgan fingerprint density at radius 2 is 1.80 bits per heavy atom. The minimum Gasteiger partial charge on any atom is -0.497 e. The van der Waals surface area contributed by atoms with Crippen LogP contribution in [-0.2, 0) is 33.4 Å². The van der Waals surface area contributed by atoms with Gasteiger partial charge < -0.3 is 18.9 Å². The number of imidazole rings is 1. The van der Waals surface area contributed by atoms with Crippen molar-refractivity contribution in [2.45, 2.75) is 30.9 Å². The highest BCUT2D eigenvalue weighted by molar-refractivity contribution is 7.90. The normalized spacial score (nSPS) is 11.3. The summed E-state index contributed by atoms with van der Waals surface area (Å²) < 4.78 is 38.5. The maximum Gasteiger partial charge on any atom is 0.254 e.